The Morgan fingerprint density at radius 2 is 1.94 bits per heavy atom. The SMILES string of the molecule is Cc1cc(Cl)c(C(=O)C2CCC(C)O2)cc1C. The quantitative estimate of drug-likeness (QED) is 0.750. The molecule has 1 fully saturated rings. The fourth-order valence-electron chi connectivity index (χ4n) is 2.14. The summed E-state index contributed by atoms with van der Waals surface area (Å²) in [7, 11) is 0. The fourth-order valence-corrected chi connectivity index (χ4v) is 2.45. The topological polar surface area (TPSA) is 26.3 Å². The number of aryl methyl sites for hydroxylation is 2. The van der Waals surface area contributed by atoms with E-state index in [1.807, 2.05) is 32.9 Å². The third-order valence-corrected chi connectivity index (χ3v) is 3.69. The van der Waals surface area contributed by atoms with Crippen molar-refractivity contribution in [1.82, 2.24) is 0 Å². The lowest BCUT2D eigenvalue weighted by Crippen LogP contribution is -2.21. The van der Waals surface area contributed by atoms with E-state index < -0.39 is 0 Å². The Bertz CT molecular complexity index is 454. The Labute approximate surface area is 107 Å². The van der Waals surface area contributed by atoms with Gasteiger partial charge in [0.05, 0.1) is 11.1 Å². The van der Waals surface area contributed by atoms with Crippen LogP contribution in [0.25, 0.3) is 0 Å². The minimum absolute atomic E-state index is 0.0162. The largest absolute Gasteiger partial charge is 0.367 e. The van der Waals surface area contributed by atoms with Gasteiger partial charge in [-0.25, -0.2) is 0 Å². The summed E-state index contributed by atoms with van der Waals surface area (Å²) in [5, 5.41) is 0.529. The van der Waals surface area contributed by atoms with E-state index in [1.54, 1.807) is 0 Å². The average Bonchev–Trinajstić information content (AvgIpc) is 2.69. The fraction of sp³-hybridized carbons (Fsp3) is 0.500. The van der Waals surface area contributed by atoms with Crippen LogP contribution in [0.1, 0.15) is 41.3 Å². The summed E-state index contributed by atoms with van der Waals surface area (Å²) in [6.45, 7) is 5.97. The zero-order valence-corrected chi connectivity index (χ0v) is 11.2. The van der Waals surface area contributed by atoms with Crippen molar-refractivity contribution in [2.75, 3.05) is 0 Å². The van der Waals surface area contributed by atoms with E-state index in [4.69, 9.17) is 16.3 Å². The number of halogens is 1. The Hall–Kier alpha value is -0.860. The number of benzene rings is 1. The summed E-state index contributed by atoms with van der Waals surface area (Å²) in [6.07, 6.45) is 1.60. The van der Waals surface area contributed by atoms with Crippen molar-refractivity contribution < 1.29 is 9.53 Å². The van der Waals surface area contributed by atoms with Crippen molar-refractivity contribution in [3.63, 3.8) is 0 Å². The second-order valence-electron chi connectivity index (χ2n) is 4.79. The maximum atomic E-state index is 12.3. The molecule has 0 aromatic heterocycles. The number of carbonyl (C=O) groups is 1. The van der Waals surface area contributed by atoms with Gasteiger partial charge in [-0.05, 0) is 56.9 Å². The average molecular weight is 253 g/mol. The molecule has 1 aromatic rings. The number of ether oxygens (including phenoxy) is 1. The number of carbonyl (C=O) groups excluding carboxylic acids is 1. The number of hydrogen-bond donors (Lipinski definition) is 0. The van der Waals surface area contributed by atoms with Crippen LogP contribution in [0.3, 0.4) is 0 Å². The Kier molecular flexibility index (Phi) is 3.55. The minimum atomic E-state index is -0.315. The van der Waals surface area contributed by atoms with Crippen LogP contribution < -0.4 is 0 Å². The van der Waals surface area contributed by atoms with E-state index in [2.05, 4.69) is 0 Å². The monoisotopic (exact) mass is 252 g/mol. The third-order valence-electron chi connectivity index (χ3n) is 3.37. The van der Waals surface area contributed by atoms with Gasteiger partial charge in [0.1, 0.15) is 6.10 Å². The zero-order chi connectivity index (χ0) is 12.6. The molecule has 0 amide bonds. The lowest BCUT2D eigenvalue weighted by Gasteiger charge is -2.12. The van der Waals surface area contributed by atoms with Gasteiger partial charge in [0.15, 0.2) is 5.78 Å². The molecule has 2 atom stereocenters. The number of ketones is 1. The van der Waals surface area contributed by atoms with E-state index in [-0.39, 0.29) is 18.0 Å². The van der Waals surface area contributed by atoms with Crippen molar-refractivity contribution in [1.29, 1.82) is 0 Å². The molecule has 2 rings (SSSR count). The third kappa shape index (κ3) is 2.53. The van der Waals surface area contributed by atoms with Gasteiger partial charge in [0, 0.05) is 5.56 Å². The van der Waals surface area contributed by atoms with Gasteiger partial charge in [0.25, 0.3) is 0 Å². The van der Waals surface area contributed by atoms with Crippen LogP contribution in [0.4, 0.5) is 0 Å². The summed E-state index contributed by atoms with van der Waals surface area (Å²) in [6, 6.07) is 3.72. The maximum Gasteiger partial charge on any atom is 0.193 e. The van der Waals surface area contributed by atoms with Crippen molar-refractivity contribution in [3.8, 4) is 0 Å². The molecule has 0 bridgehead atoms. The highest BCUT2D eigenvalue weighted by Crippen LogP contribution is 2.27. The molecule has 1 aliphatic heterocycles. The maximum absolute atomic E-state index is 12.3. The molecule has 92 valence electrons. The first-order valence-corrected chi connectivity index (χ1v) is 6.33. The van der Waals surface area contributed by atoms with Gasteiger partial charge in [-0.3, -0.25) is 4.79 Å². The van der Waals surface area contributed by atoms with E-state index in [9.17, 15) is 4.79 Å². The van der Waals surface area contributed by atoms with Gasteiger partial charge < -0.3 is 4.74 Å². The van der Waals surface area contributed by atoms with Crippen LogP contribution in [0, 0.1) is 13.8 Å². The van der Waals surface area contributed by atoms with Gasteiger partial charge >= 0.3 is 0 Å². The molecule has 17 heavy (non-hydrogen) atoms. The zero-order valence-electron chi connectivity index (χ0n) is 10.4. The van der Waals surface area contributed by atoms with Crippen LogP contribution in [0.5, 0.6) is 0 Å². The van der Waals surface area contributed by atoms with Crippen LogP contribution >= 0.6 is 11.6 Å². The van der Waals surface area contributed by atoms with Crippen LogP contribution in [0.2, 0.25) is 5.02 Å². The molecule has 2 unspecified atom stereocenters. The summed E-state index contributed by atoms with van der Waals surface area (Å²) < 4.78 is 5.59. The highest BCUT2D eigenvalue weighted by Gasteiger charge is 2.30. The van der Waals surface area contributed by atoms with E-state index in [0.717, 1.165) is 24.0 Å². The van der Waals surface area contributed by atoms with Gasteiger partial charge in [-0.15, -0.1) is 0 Å². The van der Waals surface area contributed by atoms with Gasteiger partial charge in [-0.1, -0.05) is 11.6 Å². The summed E-state index contributed by atoms with van der Waals surface area (Å²) >= 11 is 6.13. The number of Topliss-reactive ketones (excluding diaryl/α,β-unsaturated/α-hetero) is 1. The van der Waals surface area contributed by atoms with Crippen molar-refractivity contribution in [2.24, 2.45) is 0 Å². The molecule has 2 nitrogen and oxygen atoms in total. The molecular weight excluding hydrogens is 236 g/mol. The first-order chi connectivity index (χ1) is 7.99. The second kappa shape index (κ2) is 4.79. The molecule has 0 aliphatic carbocycles. The molecule has 0 saturated carbocycles. The van der Waals surface area contributed by atoms with Crippen molar-refractivity contribution in [2.45, 2.75) is 45.8 Å². The molecule has 0 radical (unpaired) electrons. The Morgan fingerprint density at radius 3 is 2.53 bits per heavy atom. The van der Waals surface area contributed by atoms with Crippen molar-refractivity contribution in [3.05, 3.63) is 33.8 Å². The lowest BCUT2D eigenvalue weighted by molar-refractivity contribution is 0.0433. The van der Waals surface area contributed by atoms with E-state index >= 15 is 0 Å². The second-order valence-corrected chi connectivity index (χ2v) is 5.20. The van der Waals surface area contributed by atoms with Crippen LogP contribution in [-0.2, 0) is 4.74 Å². The van der Waals surface area contributed by atoms with Crippen LogP contribution in [0.15, 0.2) is 12.1 Å². The molecule has 0 N–H and O–H groups in total. The van der Waals surface area contributed by atoms with E-state index in [1.165, 1.54) is 0 Å². The molecule has 1 aliphatic rings. The molecule has 3 heteroatoms. The van der Waals surface area contributed by atoms with Crippen molar-refractivity contribution >= 4 is 17.4 Å². The van der Waals surface area contributed by atoms with Gasteiger partial charge in [0.2, 0.25) is 0 Å². The molecule has 0 spiro atoms. The normalized spacial score (nSPS) is 24.0. The first kappa shape index (κ1) is 12.6. The van der Waals surface area contributed by atoms with Crippen LogP contribution in [-0.4, -0.2) is 18.0 Å². The van der Waals surface area contributed by atoms with E-state index in [0.29, 0.717) is 10.6 Å². The number of rotatable bonds is 2. The highest BCUT2D eigenvalue weighted by atomic mass is 35.5. The first-order valence-electron chi connectivity index (χ1n) is 5.95. The summed E-state index contributed by atoms with van der Waals surface area (Å²) in [4.78, 5) is 12.3. The molecular formula is C14H17ClO2. The molecule has 1 saturated heterocycles. The minimum Gasteiger partial charge on any atom is -0.367 e. The Balaban J connectivity index is 2.28. The highest BCUT2D eigenvalue weighted by molar-refractivity contribution is 6.34. The standard InChI is InChI=1S/C14H17ClO2/c1-8-6-11(12(15)7-9(8)2)14(16)13-5-4-10(3)17-13/h6-7,10,13H,4-5H2,1-3H3. The smallest absolute Gasteiger partial charge is 0.193 e. The summed E-state index contributed by atoms with van der Waals surface area (Å²) in [5.41, 5.74) is 2.78. The predicted octanol–water partition coefficient (Wildman–Crippen LogP) is 3.71. The molecule has 1 heterocycles. The molecule has 1 aromatic carbocycles. The Morgan fingerprint density at radius 1 is 1.29 bits per heavy atom. The lowest BCUT2D eigenvalue weighted by atomic mass is 9.99. The van der Waals surface area contributed by atoms with Gasteiger partial charge in [-0.2, -0.15) is 0 Å². The number of hydrogen-bond acceptors (Lipinski definition) is 2. The summed E-state index contributed by atoms with van der Waals surface area (Å²) in [5.74, 6) is 0.0162. The predicted molar refractivity (Wildman–Crippen MR) is 68.8 cm³/mol.